The summed E-state index contributed by atoms with van der Waals surface area (Å²) < 4.78 is 5.45. The number of nitrogens with zero attached hydrogens (tertiary/aromatic N) is 1. The number of rotatable bonds is 6. The van der Waals surface area contributed by atoms with E-state index in [0.717, 1.165) is 27.8 Å². The van der Waals surface area contributed by atoms with E-state index < -0.39 is 0 Å². The van der Waals surface area contributed by atoms with Crippen LogP contribution in [0.4, 0.5) is 0 Å². The first kappa shape index (κ1) is 17.0. The van der Waals surface area contributed by atoms with Crippen molar-refractivity contribution in [2.24, 2.45) is 0 Å². The van der Waals surface area contributed by atoms with Gasteiger partial charge in [0.05, 0.1) is 24.6 Å². The van der Waals surface area contributed by atoms with E-state index in [1.165, 1.54) is 0 Å². The van der Waals surface area contributed by atoms with E-state index in [9.17, 15) is 4.79 Å². The number of benzene rings is 2. The fourth-order valence-corrected chi connectivity index (χ4v) is 2.88. The molecule has 0 aliphatic heterocycles. The third-order valence-corrected chi connectivity index (χ3v) is 4.14. The van der Waals surface area contributed by atoms with Crippen molar-refractivity contribution in [2.45, 2.75) is 26.3 Å². The molecule has 1 heterocycles. The summed E-state index contributed by atoms with van der Waals surface area (Å²) >= 11 is 0. The molecule has 128 valence electrons. The summed E-state index contributed by atoms with van der Waals surface area (Å²) in [6, 6.07) is 17.6. The summed E-state index contributed by atoms with van der Waals surface area (Å²) in [6.07, 6.45) is 2.07. The minimum absolute atomic E-state index is 0.0143. The van der Waals surface area contributed by atoms with E-state index in [0.29, 0.717) is 13.0 Å². The summed E-state index contributed by atoms with van der Waals surface area (Å²) in [5, 5.41) is 4.10. The second kappa shape index (κ2) is 7.79. The van der Waals surface area contributed by atoms with Crippen LogP contribution in [0.5, 0.6) is 5.75 Å². The highest BCUT2D eigenvalue weighted by atomic mass is 16.5. The smallest absolute Gasteiger partial charge is 0.224 e. The quantitative estimate of drug-likeness (QED) is 0.740. The van der Waals surface area contributed by atoms with Crippen molar-refractivity contribution in [3.63, 3.8) is 0 Å². The van der Waals surface area contributed by atoms with Gasteiger partial charge in [-0.05, 0) is 43.2 Å². The molecule has 0 fully saturated rings. The molecule has 1 atom stereocenters. The third-order valence-electron chi connectivity index (χ3n) is 4.14. The maximum atomic E-state index is 12.4. The number of fused-ring (bicyclic) bond motifs is 1. The fourth-order valence-electron chi connectivity index (χ4n) is 2.88. The summed E-state index contributed by atoms with van der Waals surface area (Å²) in [6.45, 7) is 4.58. The number of carbonyl (C=O) groups excluding carboxylic acids is 1. The molecule has 0 saturated carbocycles. The standard InChI is InChI=1S/C21H22N2O2/c1-3-25-19-11-9-16(10-12-19)15(2)23-20(24)14-18-7-4-6-17-8-5-13-22-21(17)18/h4-13,15H,3,14H2,1-2H3,(H,23,24). The number of ether oxygens (including phenoxy) is 1. The second-order valence-corrected chi connectivity index (χ2v) is 5.96. The maximum absolute atomic E-state index is 12.4. The van der Waals surface area contributed by atoms with Gasteiger partial charge in [0.2, 0.25) is 5.91 Å². The zero-order chi connectivity index (χ0) is 17.6. The molecule has 0 radical (unpaired) electrons. The lowest BCUT2D eigenvalue weighted by molar-refractivity contribution is -0.121. The summed E-state index contributed by atoms with van der Waals surface area (Å²) in [4.78, 5) is 16.9. The van der Waals surface area contributed by atoms with Crippen molar-refractivity contribution in [2.75, 3.05) is 6.61 Å². The molecule has 0 bridgehead atoms. The fraction of sp³-hybridized carbons (Fsp3) is 0.238. The Labute approximate surface area is 147 Å². The average molecular weight is 334 g/mol. The lowest BCUT2D eigenvalue weighted by atomic mass is 10.1. The Bertz CT molecular complexity index is 854. The van der Waals surface area contributed by atoms with E-state index in [1.807, 2.05) is 68.4 Å². The Hall–Kier alpha value is -2.88. The van der Waals surface area contributed by atoms with Crippen molar-refractivity contribution in [1.29, 1.82) is 0 Å². The van der Waals surface area contributed by atoms with Crippen molar-refractivity contribution in [1.82, 2.24) is 10.3 Å². The van der Waals surface area contributed by atoms with Gasteiger partial charge >= 0.3 is 0 Å². The molecule has 2 aromatic carbocycles. The number of para-hydroxylation sites is 1. The van der Waals surface area contributed by atoms with Gasteiger partial charge in [-0.3, -0.25) is 9.78 Å². The first-order valence-electron chi connectivity index (χ1n) is 8.52. The molecule has 0 aliphatic rings. The largest absolute Gasteiger partial charge is 0.494 e. The van der Waals surface area contributed by atoms with E-state index in [4.69, 9.17) is 4.74 Å². The summed E-state index contributed by atoms with van der Waals surface area (Å²) in [7, 11) is 0. The number of carbonyl (C=O) groups is 1. The normalized spacial score (nSPS) is 11.9. The molecule has 1 amide bonds. The molecule has 4 heteroatoms. The summed E-state index contributed by atoms with van der Waals surface area (Å²) in [5.74, 6) is 0.825. The van der Waals surface area contributed by atoms with Crippen molar-refractivity contribution in [3.05, 3.63) is 71.9 Å². The molecule has 1 N–H and O–H groups in total. The predicted molar refractivity (Wildman–Crippen MR) is 99.6 cm³/mol. The maximum Gasteiger partial charge on any atom is 0.224 e. The lowest BCUT2D eigenvalue weighted by Crippen LogP contribution is -2.28. The predicted octanol–water partition coefficient (Wildman–Crippen LogP) is 4.05. The van der Waals surface area contributed by atoms with E-state index >= 15 is 0 Å². The van der Waals surface area contributed by atoms with Gasteiger partial charge in [0.1, 0.15) is 5.75 Å². The van der Waals surface area contributed by atoms with Crippen LogP contribution >= 0.6 is 0 Å². The minimum Gasteiger partial charge on any atom is -0.494 e. The Kier molecular flexibility index (Phi) is 5.29. The molecule has 3 aromatic rings. The number of aromatic nitrogens is 1. The number of hydrogen-bond acceptors (Lipinski definition) is 3. The first-order chi connectivity index (χ1) is 12.2. The second-order valence-electron chi connectivity index (χ2n) is 5.96. The first-order valence-corrected chi connectivity index (χ1v) is 8.52. The molecule has 0 spiro atoms. The Morgan fingerprint density at radius 3 is 2.64 bits per heavy atom. The monoisotopic (exact) mass is 334 g/mol. The number of nitrogens with one attached hydrogen (secondary N) is 1. The van der Waals surface area contributed by atoms with Crippen LogP contribution in [0.15, 0.2) is 60.8 Å². The van der Waals surface area contributed by atoms with E-state index in [2.05, 4.69) is 10.3 Å². The van der Waals surface area contributed by atoms with Crippen LogP contribution < -0.4 is 10.1 Å². The van der Waals surface area contributed by atoms with Crippen molar-refractivity contribution in [3.8, 4) is 5.75 Å². The number of amides is 1. The molecule has 3 rings (SSSR count). The average Bonchev–Trinajstić information content (AvgIpc) is 2.63. The Morgan fingerprint density at radius 1 is 1.12 bits per heavy atom. The lowest BCUT2D eigenvalue weighted by Gasteiger charge is -2.15. The molecule has 0 saturated heterocycles. The van der Waals surface area contributed by atoms with Gasteiger partial charge in [0.25, 0.3) is 0 Å². The third kappa shape index (κ3) is 4.15. The molecule has 1 unspecified atom stereocenters. The van der Waals surface area contributed by atoms with Crippen LogP contribution in [0.2, 0.25) is 0 Å². The molecule has 25 heavy (non-hydrogen) atoms. The van der Waals surface area contributed by atoms with Gasteiger partial charge in [-0.2, -0.15) is 0 Å². The van der Waals surface area contributed by atoms with Crippen molar-refractivity contribution >= 4 is 16.8 Å². The number of pyridine rings is 1. The van der Waals surface area contributed by atoms with Gasteiger partial charge in [-0.1, -0.05) is 36.4 Å². The molecule has 0 aliphatic carbocycles. The van der Waals surface area contributed by atoms with Gasteiger partial charge in [-0.15, -0.1) is 0 Å². The van der Waals surface area contributed by atoms with Gasteiger partial charge < -0.3 is 10.1 Å². The van der Waals surface area contributed by atoms with Crippen LogP contribution in [-0.4, -0.2) is 17.5 Å². The van der Waals surface area contributed by atoms with Gasteiger partial charge in [0.15, 0.2) is 0 Å². The van der Waals surface area contributed by atoms with Crippen LogP contribution in [0.3, 0.4) is 0 Å². The van der Waals surface area contributed by atoms with Crippen LogP contribution in [0, 0.1) is 0 Å². The van der Waals surface area contributed by atoms with Crippen molar-refractivity contribution < 1.29 is 9.53 Å². The zero-order valence-corrected chi connectivity index (χ0v) is 14.5. The van der Waals surface area contributed by atoms with Crippen LogP contribution in [0.25, 0.3) is 10.9 Å². The number of hydrogen-bond donors (Lipinski definition) is 1. The minimum atomic E-state index is -0.0638. The van der Waals surface area contributed by atoms with E-state index in [1.54, 1.807) is 6.20 Å². The highest BCUT2D eigenvalue weighted by molar-refractivity contribution is 5.87. The highest BCUT2D eigenvalue weighted by Gasteiger charge is 2.12. The zero-order valence-electron chi connectivity index (χ0n) is 14.5. The molecule has 4 nitrogen and oxygen atoms in total. The van der Waals surface area contributed by atoms with Crippen LogP contribution in [-0.2, 0) is 11.2 Å². The van der Waals surface area contributed by atoms with Gasteiger partial charge in [-0.25, -0.2) is 0 Å². The SMILES string of the molecule is CCOc1ccc(C(C)NC(=O)Cc2cccc3cccnc23)cc1. The molecule has 1 aromatic heterocycles. The Balaban J connectivity index is 1.67. The van der Waals surface area contributed by atoms with Crippen LogP contribution in [0.1, 0.15) is 31.0 Å². The summed E-state index contributed by atoms with van der Waals surface area (Å²) in [5.41, 5.74) is 2.87. The topological polar surface area (TPSA) is 51.2 Å². The van der Waals surface area contributed by atoms with E-state index in [-0.39, 0.29) is 11.9 Å². The molecular weight excluding hydrogens is 312 g/mol. The Morgan fingerprint density at radius 2 is 1.88 bits per heavy atom. The highest BCUT2D eigenvalue weighted by Crippen LogP contribution is 2.19. The van der Waals surface area contributed by atoms with Gasteiger partial charge in [0, 0.05) is 11.6 Å². The molecular formula is C21H22N2O2.